The van der Waals surface area contributed by atoms with Crippen LogP contribution in [0.15, 0.2) is 47.4 Å². The number of aromatic nitrogens is 1. The van der Waals surface area contributed by atoms with Gasteiger partial charge in [-0.3, -0.25) is 9.59 Å². The van der Waals surface area contributed by atoms with Crippen molar-refractivity contribution in [3.63, 3.8) is 0 Å². The molecule has 1 heterocycles. The maximum absolute atomic E-state index is 11.9. The summed E-state index contributed by atoms with van der Waals surface area (Å²) in [7, 11) is 3.90. The second kappa shape index (κ2) is 5.39. The Morgan fingerprint density at radius 2 is 1.79 bits per heavy atom. The molecule has 0 unspecified atom stereocenters. The highest BCUT2D eigenvalue weighted by molar-refractivity contribution is 6.04. The number of nitrogens with zero attached hydrogens (tertiary/aromatic N) is 1. The van der Waals surface area contributed by atoms with E-state index in [2.05, 4.69) is 10.3 Å². The van der Waals surface area contributed by atoms with E-state index >= 15 is 0 Å². The molecule has 0 fully saturated rings. The van der Waals surface area contributed by atoms with Crippen LogP contribution in [0.1, 0.15) is 10.4 Å². The third kappa shape index (κ3) is 3.22. The number of hydrogen-bond donors (Lipinski definition) is 2. The molecule has 0 spiro atoms. The van der Waals surface area contributed by atoms with Gasteiger partial charge < -0.3 is 15.2 Å². The molecule has 0 aliphatic carbocycles. The fourth-order valence-corrected chi connectivity index (χ4v) is 1.60. The first-order valence-electron chi connectivity index (χ1n) is 5.84. The molecule has 0 radical (unpaired) electrons. The lowest BCUT2D eigenvalue weighted by atomic mass is 10.2. The van der Waals surface area contributed by atoms with Gasteiger partial charge in [0.1, 0.15) is 0 Å². The lowest BCUT2D eigenvalue weighted by molar-refractivity contribution is 0.102. The lowest BCUT2D eigenvalue weighted by Crippen LogP contribution is -2.14. The minimum atomic E-state index is -0.256. The molecule has 2 aromatic rings. The van der Waals surface area contributed by atoms with Crippen LogP contribution < -0.4 is 15.8 Å². The van der Waals surface area contributed by atoms with E-state index in [4.69, 9.17) is 0 Å². The van der Waals surface area contributed by atoms with E-state index in [1.165, 1.54) is 18.3 Å². The monoisotopic (exact) mass is 257 g/mol. The van der Waals surface area contributed by atoms with Crippen molar-refractivity contribution in [1.29, 1.82) is 0 Å². The van der Waals surface area contributed by atoms with Crippen LogP contribution in [0.2, 0.25) is 0 Å². The number of rotatable bonds is 3. The van der Waals surface area contributed by atoms with Crippen LogP contribution in [0.4, 0.5) is 11.4 Å². The van der Waals surface area contributed by atoms with E-state index in [1.54, 1.807) is 0 Å². The molecule has 0 aliphatic heterocycles. The number of nitrogens with one attached hydrogen (secondary N) is 2. The first-order chi connectivity index (χ1) is 9.06. The Labute approximate surface area is 110 Å². The van der Waals surface area contributed by atoms with Crippen LogP contribution in [0.5, 0.6) is 0 Å². The third-order valence-electron chi connectivity index (χ3n) is 2.69. The van der Waals surface area contributed by atoms with E-state index in [-0.39, 0.29) is 11.5 Å². The van der Waals surface area contributed by atoms with Crippen LogP contribution >= 0.6 is 0 Å². The predicted molar refractivity (Wildman–Crippen MR) is 75.8 cm³/mol. The first-order valence-corrected chi connectivity index (χ1v) is 5.84. The Bertz CT molecular complexity index is 609. The maximum Gasteiger partial charge on any atom is 0.257 e. The van der Waals surface area contributed by atoms with Crippen molar-refractivity contribution in [1.82, 2.24) is 4.98 Å². The topological polar surface area (TPSA) is 65.2 Å². The zero-order valence-electron chi connectivity index (χ0n) is 10.8. The minimum Gasteiger partial charge on any atom is -0.378 e. The highest BCUT2D eigenvalue weighted by Gasteiger charge is 2.06. The zero-order chi connectivity index (χ0) is 13.8. The number of anilines is 2. The highest BCUT2D eigenvalue weighted by Crippen LogP contribution is 2.16. The Kier molecular flexibility index (Phi) is 3.66. The molecule has 19 heavy (non-hydrogen) atoms. The highest BCUT2D eigenvalue weighted by atomic mass is 16.1. The number of aromatic amines is 1. The maximum atomic E-state index is 11.9. The van der Waals surface area contributed by atoms with Crippen molar-refractivity contribution in [2.45, 2.75) is 0 Å². The minimum absolute atomic E-state index is 0.230. The molecular formula is C14H15N3O2. The molecule has 1 aromatic heterocycles. The van der Waals surface area contributed by atoms with Gasteiger partial charge in [-0.2, -0.15) is 0 Å². The zero-order valence-corrected chi connectivity index (χ0v) is 10.8. The van der Waals surface area contributed by atoms with E-state index < -0.39 is 0 Å². The molecule has 0 saturated carbocycles. The normalized spacial score (nSPS) is 10.0. The van der Waals surface area contributed by atoms with Gasteiger partial charge in [0.15, 0.2) is 0 Å². The second-order valence-electron chi connectivity index (χ2n) is 4.34. The molecule has 1 aromatic carbocycles. The fourth-order valence-electron chi connectivity index (χ4n) is 1.60. The van der Waals surface area contributed by atoms with Gasteiger partial charge in [-0.15, -0.1) is 0 Å². The number of benzene rings is 1. The van der Waals surface area contributed by atoms with Crippen LogP contribution in [-0.2, 0) is 0 Å². The smallest absolute Gasteiger partial charge is 0.257 e. The van der Waals surface area contributed by atoms with Gasteiger partial charge in [-0.25, -0.2) is 0 Å². The van der Waals surface area contributed by atoms with Crippen molar-refractivity contribution in [3.8, 4) is 0 Å². The van der Waals surface area contributed by atoms with Gasteiger partial charge in [-0.05, 0) is 30.3 Å². The number of H-pyrrole nitrogens is 1. The predicted octanol–water partition coefficient (Wildman–Crippen LogP) is 1.69. The fraction of sp³-hybridized carbons (Fsp3) is 0.143. The van der Waals surface area contributed by atoms with Gasteiger partial charge >= 0.3 is 0 Å². The van der Waals surface area contributed by atoms with Crippen LogP contribution in [0.3, 0.4) is 0 Å². The Balaban J connectivity index is 2.10. The molecule has 2 rings (SSSR count). The number of amides is 1. The summed E-state index contributed by atoms with van der Waals surface area (Å²) in [6.07, 6.45) is 1.39. The Morgan fingerprint density at radius 3 is 2.32 bits per heavy atom. The molecule has 5 nitrogen and oxygen atoms in total. The average molecular weight is 257 g/mol. The molecule has 98 valence electrons. The van der Waals surface area contributed by atoms with Crippen molar-refractivity contribution in [3.05, 3.63) is 58.5 Å². The van der Waals surface area contributed by atoms with Gasteiger partial charge in [0.05, 0.1) is 5.56 Å². The third-order valence-corrected chi connectivity index (χ3v) is 2.69. The SMILES string of the molecule is CN(C)c1ccc(NC(=O)c2ccc(=O)[nH]c2)cc1. The molecule has 0 saturated heterocycles. The summed E-state index contributed by atoms with van der Waals surface area (Å²) in [5, 5.41) is 2.76. The molecule has 2 N–H and O–H groups in total. The Morgan fingerprint density at radius 1 is 1.11 bits per heavy atom. The largest absolute Gasteiger partial charge is 0.378 e. The van der Waals surface area contributed by atoms with E-state index in [0.717, 1.165) is 5.69 Å². The van der Waals surface area contributed by atoms with Gasteiger partial charge in [0, 0.05) is 37.7 Å². The van der Waals surface area contributed by atoms with Gasteiger partial charge in [-0.1, -0.05) is 0 Å². The summed E-state index contributed by atoms with van der Waals surface area (Å²) < 4.78 is 0. The summed E-state index contributed by atoms with van der Waals surface area (Å²) in [6, 6.07) is 10.3. The summed E-state index contributed by atoms with van der Waals surface area (Å²) in [5.41, 5.74) is 1.95. The summed E-state index contributed by atoms with van der Waals surface area (Å²) >= 11 is 0. The summed E-state index contributed by atoms with van der Waals surface area (Å²) in [6.45, 7) is 0. The van der Waals surface area contributed by atoms with E-state index in [9.17, 15) is 9.59 Å². The van der Waals surface area contributed by atoms with Crippen LogP contribution in [0, 0.1) is 0 Å². The molecule has 0 atom stereocenters. The number of carbonyl (C=O) groups excluding carboxylic acids is 1. The van der Waals surface area contributed by atoms with Crippen molar-refractivity contribution >= 4 is 17.3 Å². The summed E-state index contributed by atoms with van der Waals surface area (Å²) in [5.74, 6) is -0.256. The molecule has 1 amide bonds. The standard InChI is InChI=1S/C14H15N3O2/c1-17(2)12-6-4-11(5-7-12)16-14(19)10-3-8-13(18)15-9-10/h3-9H,1-2H3,(H,15,18)(H,16,19). The molecule has 5 heteroatoms. The van der Waals surface area contributed by atoms with Crippen LogP contribution in [0.25, 0.3) is 0 Å². The van der Waals surface area contributed by atoms with Crippen molar-refractivity contribution in [2.24, 2.45) is 0 Å². The van der Waals surface area contributed by atoms with Gasteiger partial charge in [0.2, 0.25) is 5.56 Å². The molecule has 0 bridgehead atoms. The number of carbonyl (C=O) groups is 1. The number of hydrogen-bond acceptors (Lipinski definition) is 3. The van der Waals surface area contributed by atoms with E-state index in [0.29, 0.717) is 11.3 Å². The average Bonchev–Trinajstić information content (AvgIpc) is 2.40. The van der Waals surface area contributed by atoms with Crippen molar-refractivity contribution in [2.75, 3.05) is 24.3 Å². The first kappa shape index (κ1) is 12.9. The second-order valence-corrected chi connectivity index (χ2v) is 4.34. The molecule has 0 aliphatic rings. The lowest BCUT2D eigenvalue weighted by Gasteiger charge is -2.13. The number of pyridine rings is 1. The summed E-state index contributed by atoms with van der Waals surface area (Å²) in [4.78, 5) is 27.3. The molecular weight excluding hydrogens is 242 g/mol. The van der Waals surface area contributed by atoms with Crippen molar-refractivity contribution < 1.29 is 4.79 Å². The van der Waals surface area contributed by atoms with Gasteiger partial charge in [0.25, 0.3) is 5.91 Å². The quantitative estimate of drug-likeness (QED) is 0.879. The van der Waals surface area contributed by atoms with E-state index in [1.807, 2.05) is 43.3 Å². The van der Waals surface area contributed by atoms with Crippen LogP contribution in [-0.4, -0.2) is 25.0 Å². The Hall–Kier alpha value is -2.56.